The van der Waals surface area contributed by atoms with Crippen LogP contribution in [-0.4, -0.2) is 9.78 Å². The molecule has 92 valence electrons. The molecule has 0 aliphatic rings. The number of aromatic nitrogens is 2. The molecule has 2 aromatic rings. The van der Waals surface area contributed by atoms with Gasteiger partial charge in [0.05, 0.1) is 11.2 Å². The van der Waals surface area contributed by atoms with Crippen molar-refractivity contribution in [2.24, 2.45) is 0 Å². The Morgan fingerprint density at radius 1 is 1.29 bits per heavy atom. The van der Waals surface area contributed by atoms with Crippen molar-refractivity contribution in [2.45, 2.75) is 39.2 Å². The van der Waals surface area contributed by atoms with E-state index in [0.29, 0.717) is 5.52 Å². The maximum atomic E-state index is 12.9. The van der Waals surface area contributed by atoms with Crippen LogP contribution >= 0.6 is 0 Å². The van der Waals surface area contributed by atoms with Crippen LogP contribution in [-0.2, 0) is 0 Å². The minimum atomic E-state index is -2.58. The highest BCUT2D eigenvalue weighted by atomic mass is 19.3. The van der Waals surface area contributed by atoms with E-state index in [1.165, 1.54) is 0 Å². The molecule has 17 heavy (non-hydrogen) atoms. The SMILES string of the molecule is CCCC(C)c1nn(C(F)F)c2ccccc12. The summed E-state index contributed by atoms with van der Waals surface area (Å²) in [5, 5.41) is 4.92. The fourth-order valence-corrected chi connectivity index (χ4v) is 2.20. The van der Waals surface area contributed by atoms with E-state index in [2.05, 4.69) is 12.0 Å². The van der Waals surface area contributed by atoms with Crippen LogP contribution in [0.2, 0.25) is 0 Å². The molecule has 1 aromatic carbocycles. The molecule has 2 rings (SSSR count). The number of rotatable bonds is 4. The van der Waals surface area contributed by atoms with Gasteiger partial charge >= 0.3 is 6.55 Å². The number of halogens is 2. The first-order chi connectivity index (χ1) is 8.15. The summed E-state index contributed by atoms with van der Waals surface area (Å²) >= 11 is 0. The smallest absolute Gasteiger partial charge is 0.203 e. The van der Waals surface area contributed by atoms with Gasteiger partial charge in [-0.2, -0.15) is 13.9 Å². The van der Waals surface area contributed by atoms with Gasteiger partial charge in [0.1, 0.15) is 0 Å². The third-order valence-corrected chi connectivity index (χ3v) is 3.02. The second-order valence-electron chi connectivity index (χ2n) is 4.31. The fraction of sp³-hybridized carbons (Fsp3) is 0.462. The summed E-state index contributed by atoms with van der Waals surface area (Å²) in [5.74, 6) is 0.213. The van der Waals surface area contributed by atoms with Gasteiger partial charge in [0, 0.05) is 11.3 Å². The molecule has 1 heterocycles. The highest BCUT2D eigenvalue weighted by molar-refractivity contribution is 5.82. The highest BCUT2D eigenvalue weighted by Gasteiger charge is 2.19. The van der Waals surface area contributed by atoms with Crippen LogP contribution in [0.25, 0.3) is 10.9 Å². The lowest BCUT2D eigenvalue weighted by Crippen LogP contribution is -2.02. The number of hydrogen-bond acceptors (Lipinski definition) is 1. The summed E-state index contributed by atoms with van der Waals surface area (Å²) in [6.07, 6.45) is 1.99. The minimum absolute atomic E-state index is 0.213. The molecule has 0 spiro atoms. The number of alkyl halides is 2. The van der Waals surface area contributed by atoms with Crippen molar-refractivity contribution < 1.29 is 8.78 Å². The van der Waals surface area contributed by atoms with E-state index < -0.39 is 6.55 Å². The zero-order valence-electron chi connectivity index (χ0n) is 10.0. The summed E-state index contributed by atoms with van der Waals surface area (Å²) in [6.45, 7) is 1.54. The van der Waals surface area contributed by atoms with E-state index in [-0.39, 0.29) is 5.92 Å². The monoisotopic (exact) mass is 238 g/mol. The Bertz CT molecular complexity index is 505. The first-order valence-corrected chi connectivity index (χ1v) is 5.90. The second kappa shape index (κ2) is 4.82. The van der Waals surface area contributed by atoms with Gasteiger partial charge in [0.25, 0.3) is 0 Å². The Hall–Kier alpha value is -1.45. The molecular formula is C13H16F2N2. The maximum absolute atomic E-state index is 12.9. The Labute approximate surface area is 99.2 Å². The molecule has 0 N–H and O–H groups in total. The number of fused-ring (bicyclic) bond motifs is 1. The maximum Gasteiger partial charge on any atom is 0.333 e. The van der Waals surface area contributed by atoms with Crippen molar-refractivity contribution in [2.75, 3.05) is 0 Å². The summed E-state index contributed by atoms with van der Waals surface area (Å²) in [6, 6.07) is 7.18. The average Bonchev–Trinajstić information content (AvgIpc) is 2.69. The molecule has 0 fully saturated rings. The van der Waals surface area contributed by atoms with Gasteiger partial charge in [-0.15, -0.1) is 0 Å². The summed E-state index contributed by atoms with van der Waals surface area (Å²) in [7, 11) is 0. The predicted molar refractivity (Wildman–Crippen MR) is 64.3 cm³/mol. The molecule has 1 aromatic heterocycles. The second-order valence-corrected chi connectivity index (χ2v) is 4.31. The fourth-order valence-electron chi connectivity index (χ4n) is 2.20. The number of nitrogens with zero attached hydrogens (tertiary/aromatic N) is 2. The highest BCUT2D eigenvalue weighted by Crippen LogP contribution is 2.29. The molecule has 4 heteroatoms. The zero-order valence-corrected chi connectivity index (χ0v) is 10.0. The quantitative estimate of drug-likeness (QED) is 0.775. The molecule has 0 amide bonds. The van der Waals surface area contributed by atoms with Gasteiger partial charge in [0.2, 0.25) is 0 Å². The van der Waals surface area contributed by atoms with E-state index in [4.69, 9.17) is 0 Å². The van der Waals surface area contributed by atoms with Crippen molar-refractivity contribution >= 4 is 10.9 Å². The van der Waals surface area contributed by atoms with Gasteiger partial charge in [0.15, 0.2) is 0 Å². The van der Waals surface area contributed by atoms with Gasteiger partial charge in [-0.25, -0.2) is 4.68 Å². The first-order valence-electron chi connectivity index (χ1n) is 5.90. The molecule has 1 unspecified atom stereocenters. The molecule has 0 aliphatic heterocycles. The third kappa shape index (κ3) is 2.16. The number of para-hydroxylation sites is 1. The van der Waals surface area contributed by atoms with Crippen LogP contribution in [0.15, 0.2) is 24.3 Å². The van der Waals surface area contributed by atoms with Gasteiger partial charge < -0.3 is 0 Å². The molecule has 0 saturated carbocycles. The molecule has 0 aliphatic carbocycles. The number of hydrogen-bond donors (Lipinski definition) is 0. The normalized spacial score (nSPS) is 13.5. The van der Waals surface area contributed by atoms with Gasteiger partial charge in [-0.05, 0) is 12.5 Å². The van der Waals surface area contributed by atoms with E-state index in [9.17, 15) is 8.78 Å². The van der Waals surface area contributed by atoms with Crippen LogP contribution in [0.4, 0.5) is 8.78 Å². The van der Waals surface area contributed by atoms with Gasteiger partial charge in [-0.3, -0.25) is 0 Å². The summed E-state index contributed by atoms with van der Waals surface area (Å²) in [4.78, 5) is 0. The van der Waals surface area contributed by atoms with Crippen LogP contribution in [0.3, 0.4) is 0 Å². The lowest BCUT2D eigenvalue weighted by Gasteiger charge is -2.06. The average molecular weight is 238 g/mol. The Kier molecular flexibility index (Phi) is 3.41. The Morgan fingerprint density at radius 2 is 2.00 bits per heavy atom. The zero-order chi connectivity index (χ0) is 12.4. The van der Waals surface area contributed by atoms with Crippen molar-refractivity contribution in [1.29, 1.82) is 0 Å². The number of benzene rings is 1. The Morgan fingerprint density at radius 3 is 2.65 bits per heavy atom. The largest absolute Gasteiger partial charge is 0.333 e. The van der Waals surface area contributed by atoms with Crippen LogP contribution < -0.4 is 0 Å². The third-order valence-electron chi connectivity index (χ3n) is 3.02. The van der Waals surface area contributed by atoms with E-state index in [1.54, 1.807) is 12.1 Å². The molecule has 2 nitrogen and oxygen atoms in total. The topological polar surface area (TPSA) is 17.8 Å². The predicted octanol–water partition coefficient (Wildman–Crippen LogP) is 4.34. The standard InChI is InChI=1S/C13H16F2N2/c1-3-6-9(2)12-10-7-4-5-8-11(10)17(16-12)13(14)15/h4-5,7-9,13H,3,6H2,1-2H3. The summed E-state index contributed by atoms with van der Waals surface area (Å²) in [5.41, 5.74) is 1.29. The Balaban J connectivity index is 2.56. The van der Waals surface area contributed by atoms with E-state index in [1.807, 2.05) is 19.1 Å². The molecule has 0 bridgehead atoms. The minimum Gasteiger partial charge on any atom is -0.203 e. The van der Waals surface area contributed by atoms with Crippen molar-refractivity contribution in [1.82, 2.24) is 9.78 Å². The van der Waals surface area contributed by atoms with Crippen LogP contribution in [0.1, 0.15) is 44.9 Å². The molecule has 1 atom stereocenters. The van der Waals surface area contributed by atoms with Crippen molar-refractivity contribution in [3.63, 3.8) is 0 Å². The van der Waals surface area contributed by atoms with Crippen molar-refractivity contribution in [3.05, 3.63) is 30.0 Å². The molecule has 0 saturated heterocycles. The molecule has 0 radical (unpaired) electrons. The van der Waals surface area contributed by atoms with Gasteiger partial charge in [-0.1, -0.05) is 38.5 Å². The first kappa shape index (κ1) is 12.0. The van der Waals surface area contributed by atoms with Crippen LogP contribution in [0, 0.1) is 0 Å². The van der Waals surface area contributed by atoms with Crippen LogP contribution in [0.5, 0.6) is 0 Å². The summed E-state index contributed by atoms with van der Waals surface area (Å²) < 4.78 is 26.5. The lowest BCUT2D eigenvalue weighted by molar-refractivity contribution is 0.0609. The van der Waals surface area contributed by atoms with E-state index >= 15 is 0 Å². The molecular weight excluding hydrogens is 222 g/mol. The lowest BCUT2D eigenvalue weighted by atomic mass is 9.99. The van der Waals surface area contributed by atoms with Crippen molar-refractivity contribution in [3.8, 4) is 0 Å². The van der Waals surface area contributed by atoms with E-state index in [0.717, 1.165) is 28.6 Å².